The molecule has 3 N–H and O–H groups in total. The van der Waals surface area contributed by atoms with E-state index < -0.39 is 0 Å². The van der Waals surface area contributed by atoms with E-state index in [2.05, 4.69) is 51.9 Å². The van der Waals surface area contributed by atoms with Crippen molar-refractivity contribution in [3.63, 3.8) is 0 Å². The summed E-state index contributed by atoms with van der Waals surface area (Å²) in [6.45, 7) is 5.48. The molecular weight excluding hydrogens is 452 g/mol. The van der Waals surface area contributed by atoms with Crippen molar-refractivity contribution in [2.24, 2.45) is 4.99 Å². The summed E-state index contributed by atoms with van der Waals surface area (Å²) in [5.74, 6) is 1.10. The SMILES string of the molecule is CCSNc1ccc2[nH]c(O)c(C(=Nc3ccc(CN4CCCCC4)cc3)c3ccccc3)c2c1. The predicted octanol–water partition coefficient (Wildman–Crippen LogP) is 7.11. The first-order valence-electron chi connectivity index (χ1n) is 12.4. The summed E-state index contributed by atoms with van der Waals surface area (Å²) in [6, 6.07) is 24.7. The number of nitrogens with zero attached hydrogens (tertiary/aromatic N) is 2. The van der Waals surface area contributed by atoms with Gasteiger partial charge in [0.15, 0.2) is 5.88 Å². The van der Waals surface area contributed by atoms with Crippen molar-refractivity contribution >= 4 is 39.9 Å². The van der Waals surface area contributed by atoms with Crippen molar-refractivity contribution in [1.29, 1.82) is 0 Å². The predicted molar refractivity (Wildman–Crippen MR) is 149 cm³/mol. The molecule has 1 aliphatic rings. The number of fused-ring (bicyclic) bond motifs is 1. The zero-order valence-corrected chi connectivity index (χ0v) is 20.9. The first-order chi connectivity index (χ1) is 17.2. The van der Waals surface area contributed by atoms with Gasteiger partial charge in [0, 0.05) is 34.5 Å². The van der Waals surface area contributed by atoms with Gasteiger partial charge in [0.25, 0.3) is 0 Å². The van der Waals surface area contributed by atoms with E-state index in [1.807, 2.05) is 42.5 Å². The largest absolute Gasteiger partial charge is 0.494 e. The van der Waals surface area contributed by atoms with E-state index in [1.54, 1.807) is 11.9 Å². The maximum atomic E-state index is 11.0. The van der Waals surface area contributed by atoms with E-state index in [-0.39, 0.29) is 5.88 Å². The van der Waals surface area contributed by atoms with Crippen LogP contribution in [0.5, 0.6) is 5.88 Å². The van der Waals surface area contributed by atoms with Crippen LogP contribution >= 0.6 is 11.9 Å². The number of anilines is 1. The summed E-state index contributed by atoms with van der Waals surface area (Å²) < 4.78 is 3.37. The molecular formula is C29H32N4OS. The third kappa shape index (κ3) is 5.55. The number of rotatable bonds is 8. The summed E-state index contributed by atoms with van der Waals surface area (Å²) in [5, 5.41) is 11.9. The first kappa shape index (κ1) is 23.5. The maximum Gasteiger partial charge on any atom is 0.199 e. The number of aliphatic imine (C=N–C) groups is 1. The number of benzene rings is 3. The highest BCUT2D eigenvalue weighted by Crippen LogP contribution is 2.33. The van der Waals surface area contributed by atoms with E-state index in [9.17, 15) is 5.11 Å². The van der Waals surface area contributed by atoms with Crippen LogP contribution in [0.3, 0.4) is 0 Å². The highest BCUT2D eigenvalue weighted by Gasteiger charge is 2.19. The average molecular weight is 485 g/mol. The molecule has 5 nitrogen and oxygen atoms in total. The Morgan fingerprint density at radius 1 is 1.00 bits per heavy atom. The van der Waals surface area contributed by atoms with E-state index in [0.717, 1.165) is 45.9 Å². The molecule has 180 valence electrons. The molecule has 1 aliphatic heterocycles. The molecule has 0 spiro atoms. The Balaban J connectivity index is 1.52. The van der Waals surface area contributed by atoms with Crippen molar-refractivity contribution in [3.8, 4) is 5.88 Å². The Morgan fingerprint density at radius 2 is 1.77 bits per heavy atom. The van der Waals surface area contributed by atoms with Crippen molar-refractivity contribution in [2.75, 3.05) is 23.6 Å². The van der Waals surface area contributed by atoms with Gasteiger partial charge in [-0.25, -0.2) is 4.99 Å². The van der Waals surface area contributed by atoms with E-state index in [1.165, 1.54) is 37.9 Å². The lowest BCUT2D eigenvalue weighted by Gasteiger charge is -2.26. The van der Waals surface area contributed by atoms with Gasteiger partial charge >= 0.3 is 0 Å². The Morgan fingerprint density at radius 3 is 2.51 bits per heavy atom. The van der Waals surface area contributed by atoms with Gasteiger partial charge in [-0.3, -0.25) is 4.90 Å². The molecule has 0 saturated carbocycles. The lowest BCUT2D eigenvalue weighted by Crippen LogP contribution is -2.28. The van der Waals surface area contributed by atoms with Crippen molar-refractivity contribution in [2.45, 2.75) is 32.7 Å². The highest BCUT2D eigenvalue weighted by atomic mass is 32.2. The standard InChI is InChI=1S/C29H32N4OS/c1-2-35-32-24-15-16-26-25(19-24)27(29(34)31-26)28(22-9-5-3-6-10-22)30-23-13-11-21(12-14-23)20-33-17-7-4-8-18-33/h3,5-6,9-16,19,31-32,34H,2,4,7-8,17-18,20H2,1H3. The van der Waals surface area contributed by atoms with Gasteiger partial charge in [-0.2, -0.15) is 0 Å². The van der Waals surface area contributed by atoms with Crippen LogP contribution < -0.4 is 4.72 Å². The highest BCUT2D eigenvalue weighted by molar-refractivity contribution is 8.00. The summed E-state index contributed by atoms with van der Waals surface area (Å²) in [4.78, 5) is 10.7. The number of likely N-dealkylation sites (tertiary alicyclic amines) is 1. The second kappa shape index (κ2) is 11.0. The Bertz CT molecular complexity index is 1290. The van der Waals surface area contributed by atoms with Crippen LogP contribution in [0, 0.1) is 0 Å². The fourth-order valence-corrected chi connectivity index (χ4v) is 5.12. The molecule has 0 radical (unpaired) electrons. The van der Waals surface area contributed by atoms with Crippen molar-refractivity contribution < 1.29 is 5.11 Å². The lowest BCUT2D eigenvalue weighted by atomic mass is 10.0. The maximum absolute atomic E-state index is 11.0. The van der Waals surface area contributed by atoms with Crippen molar-refractivity contribution in [1.82, 2.24) is 9.88 Å². The minimum atomic E-state index is 0.129. The molecule has 0 bridgehead atoms. The van der Waals surface area contributed by atoms with Crippen LogP contribution in [0.1, 0.15) is 42.9 Å². The number of hydrogen-bond acceptors (Lipinski definition) is 5. The summed E-state index contributed by atoms with van der Waals surface area (Å²) >= 11 is 1.65. The Kier molecular flexibility index (Phi) is 7.40. The average Bonchev–Trinajstić information content (AvgIpc) is 3.23. The molecule has 6 heteroatoms. The van der Waals surface area contributed by atoms with E-state index >= 15 is 0 Å². The van der Waals surface area contributed by atoms with E-state index in [4.69, 9.17) is 4.99 Å². The fraction of sp³-hybridized carbons (Fsp3) is 0.276. The van der Waals surface area contributed by atoms with Crippen molar-refractivity contribution in [3.05, 3.63) is 89.5 Å². The van der Waals surface area contributed by atoms with Gasteiger partial charge in [-0.1, -0.05) is 67.8 Å². The molecule has 0 aliphatic carbocycles. The minimum Gasteiger partial charge on any atom is -0.494 e. The second-order valence-corrected chi connectivity index (χ2v) is 10.0. The normalized spacial score (nSPS) is 14.9. The molecule has 1 fully saturated rings. The van der Waals surface area contributed by atoms with Gasteiger partial charge in [-0.15, -0.1) is 0 Å². The molecule has 2 heterocycles. The quantitative estimate of drug-likeness (QED) is 0.184. The molecule has 0 amide bonds. The summed E-state index contributed by atoms with van der Waals surface area (Å²) in [6.07, 6.45) is 3.94. The van der Waals surface area contributed by atoms with Crippen LogP contribution in [-0.2, 0) is 6.54 Å². The first-order valence-corrected chi connectivity index (χ1v) is 13.4. The monoisotopic (exact) mass is 484 g/mol. The van der Waals surface area contributed by atoms with Crippen LogP contribution in [0.15, 0.2) is 77.8 Å². The zero-order valence-electron chi connectivity index (χ0n) is 20.1. The number of aromatic amines is 1. The Hall–Kier alpha value is -3.22. The molecule has 1 aromatic heterocycles. The van der Waals surface area contributed by atoms with Crippen LogP contribution in [0.4, 0.5) is 11.4 Å². The fourth-order valence-electron chi connectivity index (χ4n) is 4.68. The van der Waals surface area contributed by atoms with Gasteiger partial charge in [0.05, 0.1) is 17.0 Å². The topological polar surface area (TPSA) is 63.6 Å². The minimum absolute atomic E-state index is 0.129. The second-order valence-electron chi connectivity index (χ2n) is 8.97. The molecule has 3 aromatic carbocycles. The number of H-pyrrole nitrogens is 1. The third-order valence-corrected chi connectivity index (χ3v) is 7.10. The lowest BCUT2D eigenvalue weighted by molar-refractivity contribution is 0.221. The molecule has 0 unspecified atom stereocenters. The summed E-state index contributed by atoms with van der Waals surface area (Å²) in [7, 11) is 0. The number of hydrogen-bond donors (Lipinski definition) is 3. The molecule has 0 atom stereocenters. The zero-order chi connectivity index (χ0) is 24.0. The number of nitrogens with one attached hydrogen (secondary N) is 2. The van der Waals surface area contributed by atoms with Crippen LogP contribution in [0.2, 0.25) is 0 Å². The van der Waals surface area contributed by atoms with Gasteiger partial charge in [0.2, 0.25) is 0 Å². The molecule has 1 saturated heterocycles. The van der Waals surface area contributed by atoms with Gasteiger partial charge in [0.1, 0.15) is 0 Å². The smallest absolute Gasteiger partial charge is 0.199 e. The number of aromatic nitrogens is 1. The van der Waals surface area contributed by atoms with Crippen LogP contribution in [0.25, 0.3) is 10.9 Å². The number of piperidine rings is 1. The summed E-state index contributed by atoms with van der Waals surface area (Å²) in [5.41, 5.74) is 6.49. The molecule has 5 rings (SSSR count). The molecule has 4 aromatic rings. The van der Waals surface area contributed by atoms with Crippen LogP contribution in [-0.4, -0.2) is 39.5 Å². The van der Waals surface area contributed by atoms with E-state index in [0.29, 0.717) is 5.56 Å². The number of aromatic hydroxyl groups is 1. The molecule has 35 heavy (non-hydrogen) atoms. The Labute approximate surface area is 211 Å². The van der Waals surface area contributed by atoms with Gasteiger partial charge in [-0.05, 0) is 61.8 Å². The van der Waals surface area contributed by atoms with Gasteiger partial charge < -0.3 is 14.8 Å². The third-order valence-electron chi connectivity index (χ3n) is 6.43.